The number of nitrogens with one attached hydrogen (secondary N) is 1. The maximum absolute atomic E-state index is 9.29. The lowest BCUT2D eigenvalue weighted by Gasteiger charge is -2.20. The van der Waals surface area contributed by atoms with E-state index in [-0.39, 0.29) is 0 Å². The summed E-state index contributed by atoms with van der Waals surface area (Å²) in [6.45, 7) is 4.73. The first-order valence-corrected chi connectivity index (χ1v) is 7.70. The lowest BCUT2D eigenvalue weighted by molar-refractivity contribution is 0.392. The predicted octanol–water partition coefficient (Wildman–Crippen LogP) is 3.74. The van der Waals surface area contributed by atoms with Gasteiger partial charge in [-0.25, -0.2) is 0 Å². The fourth-order valence-electron chi connectivity index (χ4n) is 2.85. The highest BCUT2D eigenvalue weighted by Gasteiger charge is 2.14. The molecule has 0 aromatic carbocycles. The zero-order chi connectivity index (χ0) is 14.4. The van der Waals surface area contributed by atoms with E-state index < -0.39 is 0 Å². The Labute approximate surface area is 121 Å². The molecule has 0 atom stereocenters. The maximum atomic E-state index is 9.29. The van der Waals surface area contributed by atoms with Gasteiger partial charge in [0, 0.05) is 6.54 Å². The normalized spacial score (nSPS) is 17.1. The van der Waals surface area contributed by atoms with Gasteiger partial charge in [-0.3, -0.25) is 0 Å². The van der Waals surface area contributed by atoms with E-state index in [1.54, 1.807) is 0 Å². The molecular weight excluding hydrogens is 248 g/mol. The average Bonchev–Trinajstić information content (AvgIpc) is 2.41. The molecule has 4 nitrogen and oxygen atoms in total. The van der Waals surface area contributed by atoms with E-state index in [1.165, 1.54) is 44.9 Å². The van der Waals surface area contributed by atoms with Crippen LogP contribution in [0.2, 0.25) is 0 Å². The highest BCUT2D eigenvalue weighted by molar-refractivity contribution is 5.55. The van der Waals surface area contributed by atoms with E-state index in [0.717, 1.165) is 17.8 Å². The largest absolute Gasteiger partial charge is 0.367 e. The quantitative estimate of drug-likeness (QED) is 0.910. The minimum Gasteiger partial charge on any atom is -0.367 e. The van der Waals surface area contributed by atoms with Gasteiger partial charge in [-0.15, -0.1) is 5.10 Å². The van der Waals surface area contributed by atoms with Gasteiger partial charge in [0.15, 0.2) is 5.82 Å². The fourth-order valence-corrected chi connectivity index (χ4v) is 2.85. The second-order valence-electron chi connectivity index (χ2n) is 5.84. The third kappa shape index (κ3) is 3.69. The van der Waals surface area contributed by atoms with Crippen LogP contribution in [0.15, 0.2) is 0 Å². The predicted molar refractivity (Wildman–Crippen MR) is 80.5 cm³/mol. The van der Waals surface area contributed by atoms with Crippen LogP contribution in [0, 0.1) is 31.1 Å². The summed E-state index contributed by atoms with van der Waals surface area (Å²) >= 11 is 0. The Bertz CT molecular complexity index is 482. The second-order valence-corrected chi connectivity index (χ2v) is 5.84. The van der Waals surface area contributed by atoms with E-state index in [0.29, 0.717) is 17.3 Å². The van der Waals surface area contributed by atoms with Crippen LogP contribution < -0.4 is 5.32 Å². The Kier molecular flexibility index (Phi) is 5.34. The highest BCUT2D eigenvalue weighted by atomic mass is 15.2. The highest BCUT2D eigenvalue weighted by Crippen LogP contribution is 2.23. The molecule has 0 saturated heterocycles. The van der Waals surface area contributed by atoms with E-state index in [4.69, 9.17) is 0 Å². The van der Waals surface area contributed by atoms with Crippen LogP contribution in [0.1, 0.15) is 61.8 Å². The van der Waals surface area contributed by atoms with Gasteiger partial charge in [-0.05, 0) is 38.2 Å². The van der Waals surface area contributed by atoms with Crippen molar-refractivity contribution >= 4 is 5.82 Å². The number of anilines is 1. The maximum Gasteiger partial charge on any atom is 0.166 e. The van der Waals surface area contributed by atoms with Gasteiger partial charge in [0.25, 0.3) is 0 Å². The number of nitriles is 1. The summed E-state index contributed by atoms with van der Waals surface area (Å²) in [7, 11) is 0. The Hall–Kier alpha value is -1.63. The van der Waals surface area contributed by atoms with Crippen LogP contribution in [-0.4, -0.2) is 16.7 Å². The summed E-state index contributed by atoms with van der Waals surface area (Å²) < 4.78 is 0. The van der Waals surface area contributed by atoms with Gasteiger partial charge in [0.1, 0.15) is 11.6 Å². The molecular formula is C16H24N4. The monoisotopic (exact) mass is 272 g/mol. The van der Waals surface area contributed by atoms with Crippen LogP contribution in [0.3, 0.4) is 0 Å². The van der Waals surface area contributed by atoms with Crippen molar-refractivity contribution in [3.63, 3.8) is 0 Å². The summed E-state index contributed by atoms with van der Waals surface area (Å²) in [6.07, 6.45) is 9.35. The summed E-state index contributed by atoms with van der Waals surface area (Å²) in [4.78, 5) is 0. The first-order chi connectivity index (χ1) is 9.72. The molecule has 0 unspecified atom stereocenters. The summed E-state index contributed by atoms with van der Waals surface area (Å²) in [6, 6.07) is 2.25. The molecule has 1 aliphatic carbocycles. The van der Waals surface area contributed by atoms with Crippen molar-refractivity contribution in [2.75, 3.05) is 11.9 Å². The van der Waals surface area contributed by atoms with Gasteiger partial charge in [-0.1, -0.05) is 32.1 Å². The molecule has 1 fully saturated rings. The molecule has 0 bridgehead atoms. The first-order valence-electron chi connectivity index (χ1n) is 7.70. The van der Waals surface area contributed by atoms with Crippen molar-refractivity contribution in [1.82, 2.24) is 10.2 Å². The lowest BCUT2D eigenvalue weighted by atomic mass is 9.91. The molecule has 1 aliphatic rings. The van der Waals surface area contributed by atoms with E-state index in [2.05, 4.69) is 21.6 Å². The number of rotatable bonds is 3. The van der Waals surface area contributed by atoms with Crippen molar-refractivity contribution in [1.29, 1.82) is 5.26 Å². The third-order valence-electron chi connectivity index (χ3n) is 4.35. The van der Waals surface area contributed by atoms with Crippen LogP contribution in [0.5, 0.6) is 0 Å². The van der Waals surface area contributed by atoms with E-state index in [9.17, 15) is 5.26 Å². The summed E-state index contributed by atoms with van der Waals surface area (Å²) in [5, 5.41) is 20.9. The van der Waals surface area contributed by atoms with Crippen molar-refractivity contribution in [2.24, 2.45) is 5.92 Å². The molecule has 108 valence electrons. The molecule has 0 spiro atoms. The van der Waals surface area contributed by atoms with Crippen molar-refractivity contribution in [3.05, 3.63) is 16.8 Å². The Morgan fingerprint density at radius 1 is 1.10 bits per heavy atom. The van der Waals surface area contributed by atoms with Crippen molar-refractivity contribution in [3.8, 4) is 6.07 Å². The van der Waals surface area contributed by atoms with E-state index in [1.807, 2.05) is 13.8 Å². The number of aryl methyl sites for hydroxylation is 1. The van der Waals surface area contributed by atoms with Gasteiger partial charge in [-0.2, -0.15) is 10.4 Å². The van der Waals surface area contributed by atoms with Crippen LogP contribution in [-0.2, 0) is 0 Å². The SMILES string of the molecule is Cc1nnc(NCC2CCCCCCC2)c(C#N)c1C. The number of aromatic nitrogens is 2. The van der Waals surface area contributed by atoms with Gasteiger partial charge in [0.05, 0.1) is 5.69 Å². The fraction of sp³-hybridized carbons (Fsp3) is 0.688. The standard InChI is InChI=1S/C16H24N4/c1-12-13(2)19-20-16(15(12)10-17)18-11-14-8-6-4-3-5-7-9-14/h14H,3-9,11H2,1-2H3,(H,18,20). The molecule has 4 heteroatoms. The minimum atomic E-state index is 0.642. The Morgan fingerprint density at radius 2 is 1.75 bits per heavy atom. The first kappa shape index (κ1) is 14.8. The van der Waals surface area contributed by atoms with Crippen molar-refractivity contribution in [2.45, 2.75) is 58.8 Å². The zero-order valence-corrected chi connectivity index (χ0v) is 12.6. The van der Waals surface area contributed by atoms with Crippen LogP contribution in [0.4, 0.5) is 5.82 Å². The smallest absolute Gasteiger partial charge is 0.166 e. The molecule has 0 radical (unpaired) electrons. The van der Waals surface area contributed by atoms with Crippen LogP contribution in [0.25, 0.3) is 0 Å². The minimum absolute atomic E-state index is 0.642. The number of hydrogen-bond donors (Lipinski definition) is 1. The number of hydrogen-bond acceptors (Lipinski definition) is 4. The molecule has 1 heterocycles. The van der Waals surface area contributed by atoms with Crippen molar-refractivity contribution < 1.29 is 0 Å². The molecule has 0 amide bonds. The molecule has 0 aliphatic heterocycles. The molecule has 2 rings (SSSR count). The summed E-state index contributed by atoms with van der Waals surface area (Å²) in [5.41, 5.74) is 2.41. The molecule has 1 saturated carbocycles. The van der Waals surface area contributed by atoms with Gasteiger partial charge < -0.3 is 5.32 Å². The van der Waals surface area contributed by atoms with E-state index >= 15 is 0 Å². The molecule has 1 aromatic heterocycles. The summed E-state index contributed by atoms with van der Waals surface area (Å²) in [5.74, 6) is 1.35. The topological polar surface area (TPSA) is 61.6 Å². The number of nitrogens with zero attached hydrogens (tertiary/aromatic N) is 3. The third-order valence-corrected chi connectivity index (χ3v) is 4.35. The Morgan fingerprint density at radius 3 is 2.40 bits per heavy atom. The average molecular weight is 272 g/mol. The zero-order valence-electron chi connectivity index (χ0n) is 12.6. The molecule has 1 aromatic rings. The van der Waals surface area contributed by atoms with Gasteiger partial charge in [0.2, 0.25) is 0 Å². The van der Waals surface area contributed by atoms with Gasteiger partial charge >= 0.3 is 0 Å². The van der Waals surface area contributed by atoms with Crippen LogP contribution >= 0.6 is 0 Å². The second kappa shape index (κ2) is 7.23. The Balaban J connectivity index is 1.99. The lowest BCUT2D eigenvalue weighted by Crippen LogP contribution is -2.17. The molecule has 1 N–H and O–H groups in total. The molecule has 20 heavy (non-hydrogen) atoms.